The summed E-state index contributed by atoms with van der Waals surface area (Å²) >= 11 is 0. The molecule has 1 rings (SSSR count). The molecule has 1 saturated heterocycles. The Morgan fingerprint density at radius 1 is 1.45 bits per heavy atom. The number of esters is 1. The van der Waals surface area contributed by atoms with E-state index in [1.165, 1.54) is 16.9 Å². The second-order valence-corrected chi connectivity index (χ2v) is 5.21. The van der Waals surface area contributed by atoms with Crippen LogP contribution in [0.5, 0.6) is 0 Å². The summed E-state index contributed by atoms with van der Waals surface area (Å²) in [6.07, 6.45) is 1.28. The van der Waals surface area contributed by atoms with Crippen LogP contribution >= 0.6 is 0 Å². The first-order valence-electron chi connectivity index (χ1n) is 6.67. The molecule has 2 atom stereocenters. The number of carbonyl (C=O) groups is 3. The lowest BCUT2D eigenvalue weighted by Crippen LogP contribution is -2.48. The van der Waals surface area contributed by atoms with Crippen molar-refractivity contribution in [3.63, 3.8) is 0 Å². The summed E-state index contributed by atoms with van der Waals surface area (Å²) in [4.78, 5) is 37.5. The normalized spacial score (nSPS) is 20.1. The van der Waals surface area contributed by atoms with Crippen molar-refractivity contribution >= 4 is 18.0 Å². The van der Waals surface area contributed by atoms with Crippen LogP contribution in [-0.2, 0) is 14.3 Å². The Morgan fingerprint density at radius 3 is 2.65 bits per heavy atom. The van der Waals surface area contributed by atoms with Gasteiger partial charge in [0.1, 0.15) is 0 Å². The lowest BCUT2D eigenvalue weighted by molar-refractivity contribution is -0.145. The van der Waals surface area contributed by atoms with Gasteiger partial charge in [0.05, 0.1) is 18.9 Å². The summed E-state index contributed by atoms with van der Waals surface area (Å²) < 4.78 is 4.62. The minimum atomic E-state index is -0.868. The van der Waals surface area contributed by atoms with Gasteiger partial charge in [-0.15, -0.1) is 0 Å². The van der Waals surface area contributed by atoms with Crippen molar-refractivity contribution in [1.82, 2.24) is 9.80 Å². The molecule has 1 heterocycles. The molecule has 0 aliphatic carbocycles. The van der Waals surface area contributed by atoms with E-state index in [9.17, 15) is 14.4 Å². The summed E-state index contributed by atoms with van der Waals surface area (Å²) in [7, 11) is 2.91. The summed E-state index contributed by atoms with van der Waals surface area (Å²) in [6.45, 7) is 2.72. The second kappa shape index (κ2) is 7.12. The summed E-state index contributed by atoms with van der Waals surface area (Å²) in [5, 5.41) is 9.01. The van der Waals surface area contributed by atoms with Gasteiger partial charge >= 0.3 is 18.0 Å². The average Bonchev–Trinajstić information content (AvgIpc) is 2.45. The van der Waals surface area contributed by atoms with Crippen LogP contribution in [0.1, 0.15) is 19.8 Å². The Bertz CT molecular complexity index is 385. The molecule has 0 bridgehead atoms. The van der Waals surface area contributed by atoms with Gasteiger partial charge in [0.15, 0.2) is 0 Å². The molecule has 7 nitrogen and oxygen atoms in total. The summed E-state index contributed by atoms with van der Waals surface area (Å²) in [6, 6.07) is -0.244. The number of urea groups is 1. The molecule has 2 unspecified atom stereocenters. The Labute approximate surface area is 118 Å². The highest BCUT2D eigenvalue weighted by molar-refractivity contribution is 5.78. The highest BCUT2D eigenvalue weighted by atomic mass is 16.5. The van der Waals surface area contributed by atoms with Crippen molar-refractivity contribution in [2.45, 2.75) is 19.8 Å². The van der Waals surface area contributed by atoms with Gasteiger partial charge in [-0.2, -0.15) is 0 Å². The number of methoxy groups -OCH3 is 1. The first kappa shape index (κ1) is 16.3. The third-order valence-electron chi connectivity index (χ3n) is 3.52. The number of ether oxygens (including phenoxy) is 1. The number of rotatable bonds is 4. The molecule has 0 saturated carbocycles. The summed E-state index contributed by atoms with van der Waals surface area (Å²) in [5.74, 6) is -2.15. The maximum Gasteiger partial charge on any atom is 0.319 e. The molecule has 114 valence electrons. The van der Waals surface area contributed by atoms with E-state index in [-0.39, 0.29) is 25.1 Å². The van der Waals surface area contributed by atoms with Gasteiger partial charge in [-0.3, -0.25) is 9.59 Å². The van der Waals surface area contributed by atoms with Crippen LogP contribution in [-0.4, -0.2) is 66.7 Å². The highest BCUT2D eigenvalue weighted by Gasteiger charge is 2.30. The molecular weight excluding hydrogens is 264 g/mol. The number of piperidine rings is 1. The van der Waals surface area contributed by atoms with Gasteiger partial charge in [0, 0.05) is 26.7 Å². The summed E-state index contributed by atoms with van der Waals surface area (Å²) in [5.41, 5.74) is 0. The Morgan fingerprint density at radius 2 is 2.10 bits per heavy atom. The SMILES string of the molecule is COC(=O)C(C)CN(C)C(=O)N1CCCC(C(=O)O)C1. The zero-order valence-electron chi connectivity index (χ0n) is 12.2. The average molecular weight is 286 g/mol. The maximum absolute atomic E-state index is 12.2. The predicted octanol–water partition coefficient (Wildman–Crippen LogP) is 0.644. The maximum atomic E-state index is 12.2. The van der Waals surface area contributed by atoms with Crippen LogP contribution < -0.4 is 0 Å². The van der Waals surface area contributed by atoms with Crippen LogP contribution in [0.4, 0.5) is 4.79 Å². The van der Waals surface area contributed by atoms with Gasteiger partial charge in [-0.25, -0.2) is 4.79 Å². The number of likely N-dealkylation sites (tertiary alicyclic amines) is 1. The number of carboxylic acid groups (broad SMARTS) is 1. The molecular formula is C13H22N2O5. The molecule has 1 fully saturated rings. The third-order valence-corrected chi connectivity index (χ3v) is 3.52. The molecule has 2 amide bonds. The fraction of sp³-hybridized carbons (Fsp3) is 0.769. The largest absolute Gasteiger partial charge is 0.481 e. The van der Waals surface area contributed by atoms with Gasteiger partial charge in [0.2, 0.25) is 0 Å². The van der Waals surface area contributed by atoms with Crippen molar-refractivity contribution in [1.29, 1.82) is 0 Å². The first-order chi connectivity index (χ1) is 9.36. The van der Waals surface area contributed by atoms with Crippen molar-refractivity contribution in [2.75, 3.05) is 33.8 Å². The minimum Gasteiger partial charge on any atom is -0.481 e. The monoisotopic (exact) mass is 286 g/mol. The van der Waals surface area contributed by atoms with Crippen LogP contribution in [0.15, 0.2) is 0 Å². The zero-order valence-corrected chi connectivity index (χ0v) is 12.2. The molecule has 0 aromatic rings. The predicted molar refractivity (Wildman–Crippen MR) is 71.1 cm³/mol. The van der Waals surface area contributed by atoms with Gasteiger partial charge in [-0.1, -0.05) is 6.92 Å². The fourth-order valence-corrected chi connectivity index (χ4v) is 2.36. The van der Waals surface area contributed by atoms with E-state index in [0.29, 0.717) is 19.4 Å². The molecule has 1 aliphatic heterocycles. The standard InChI is InChI=1S/C13H22N2O5/c1-9(12(18)20-3)7-14(2)13(19)15-6-4-5-10(8-15)11(16)17/h9-10H,4-8H2,1-3H3,(H,16,17). The van der Waals surface area contributed by atoms with Crippen molar-refractivity contribution in [3.8, 4) is 0 Å². The van der Waals surface area contributed by atoms with Crippen LogP contribution in [0, 0.1) is 11.8 Å². The number of carbonyl (C=O) groups excluding carboxylic acids is 2. The van der Waals surface area contributed by atoms with E-state index in [1.54, 1.807) is 14.0 Å². The Kier molecular flexibility index (Phi) is 5.79. The highest BCUT2D eigenvalue weighted by Crippen LogP contribution is 2.18. The van der Waals surface area contributed by atoms with Gasteiger partial charge in [0.25, 0.3) is 0 Å². The van der Waals surface area contributed by atoms with E-state index < -0.39 is 17.8 Å². The molecule has 0 aromatic heterocycles. The second-order valence-electron chi connectivity index (χ2n) is 5.21. The number of nitrogens with zero attached hydrogens (tertiary/aromatic N) is 2. The van der Waals surface area contributed by atoms with Crippen LogP contribution in [0.2, 0.25) is 0 Å². The quantitative estimate of drug-likeness (QED) is 0.766. The first-order valence-corrected chi connectivity index (χ1v) is 6.67. The molecule has 1 N–H and O–H groups in total. The van der Waals surface area contributed by atoms with E-state index in [0.717, 1.165) is 0 Å². The number of hydrogen-bond acceptors (Lipinski definition) is 4. The minimum absolute atomic E-state index is 0.227. The van der Waals surface area contributed by atoms with Crippen molar-refractivity contribution in [2.24, 2.45) is 11.8 Å². The lowest BCUT2D eigenvalue weighted by Gasteiger charge is -2.34. The van der Waals surface area contributed by atoms with E-state index in [2.05, 4.69) is 4.74 Å². The fourth-order valence-electron chi connectivity index (χ4n) is 2.36. The molecule has 0 spiro atoms. The number of hydrogen-bond donors (Lipinski definition) is 1. The lowest BCUT2D eigenvalue weighted by atomic mass is 9.98. The van der Waals surface area contributed by atoms with E-state index >= 15 is 0 Å². The molecule has 1 aliphatic rings. The number of aliphatic carboxylic acids is 1. The topological polar surface area (TPSA) is 87.2 Å². The number of amides is 2. The molecule has 20 heavy (non-hydrogen) atoms. The third kappa shape index (κ3) is 4.11. The van der Waals surface area contributed by atoms with Crippen molar-refractivity contribution in [3.05, 3.63) is 0 Å². The van der Waals surface area contributed by atoms with Crippen LogP contribution in [0.3, 0.4) is 0 Å². The molecule has 7 heteroatoms. The van der Waals surface area contributed by atoms with Gasteiger partial charge in [-0.05, 0) is 12.8 Å². The van der Waals surface area contributed by atoms with Crippen molar-refractivity contribution < 1.29 is 24.2 Å². The van der Waals surface area contributed by atoms with Crippen LogP contribution in [0.25, 0.3) is 0 Å². The zero-order chi connectivity index (χ0) is 15.3. The van der Waals surface area contributed by atoms with E-state index in [4.69, 9.17) is 5.11 Å². The Balaban J connectivity index is 2.55. The molecule has 0 aromatic carbocycles. The Hall–Kier alpha value is -1.79. The smallest absolute Gasteiger partial charge is 0.319 e. The number of carboxylic acids is 1. The van der Waals surface area contributed by atoms with E-state index in [1.807, 2.05) is 0 Å². The molecule has 0 radical (unpaired) electrons. The van der Waals surface area contributed by atoms with Gasteiger partial charge < -0.3 is 19.6 Å².